The lowest BCUT2D eigenvalue weighted by Crippen LogP contribution is -3.11. The first-order chi connectivity index (χ1) is 8.15. The van der Waals surface area contributed by atoms with Gasteiger partial charge >= 0.3 is 0 Å². The van der Waals surface area contributed by atoms with Crippen molar-refractivity contribution in [3.8, 4) is 0 Å². The maximum absolute atomic E-state index is 11.1. The maximum atomic E-state index is 11.1. The van der Waals surface area contributed by atoms with Crippen molar-refractivity contribution < 1.29 is 9.69 Å². The molecule has 1 aliphatic heterocycles. The summed E-state index contributed by atoms with van der Waals surface area (Å²) in [6, 6.07) is 7.98. The Kier molecular flexibility index (Phi) is 4.02. The first-order valence-corrected chi connectivity index (χ1v) is 6.40. The van der Waals surface area contributed by atoms with E-state index in [1.807, 2.05) is 12.1 Å². The average molecular weight is 254 g/mol. The number of nitrogens with one attached hydrogen (secondary N) is 1. The van der Waals surface area contributed by atoms with Crippen molar-refractivity contribution in [2.24, 2.45) is 11.7 Å². The molecule has 1 saturated heterocycles. The van der Waals surface area contributed by atoms with Crippen molar-refractivity contribution in [3.63, 3.8) is 0 Å². The Bertz CT molecular complexity index is 383. The number of halogens is 1. The number of primary amides is 1. The van der Waals surface area contributed by atoms with Gasteiger partial charge in [-0.1, -0.05) is 23.7 Å². The summed E-state index contributed by atoms with van der Waals surface area (Å²) in [5.74, 6) is -0.0560. The predicted octanol–water partition coefficient (Wildman–Crippen LogP) is 0.620. The number of hydrogen-bond donors (Lipinski definition) is 2. The van der Waals surface area contributed by atoms with E-state index in [9.17, 15) is 4.79 Å². The third-order valence-electron chi connectivity index (χ3n) is 3.46. The van der Waals surface area contributed by atoms with Crippen molar-refractivity contribution in [1.82, 2.24) is 0 Å². The van der Waals surface area contributed by atoms with Crippen LogP contribution in [0.5, 0.6) is 0 Å². The van der Waals surface area contributed by atoms with Crippen LogP contribution in [-0.2, 0) is 11.3 Å². The highest BCUT2D eigenvalue weighted by molar-refractivity contribution is 6.30. The van der Waals surface area contributed by atoms with E-state index >= 15 is 0 Å². The van der Waals surface area contributed by atoms with Crippen molar-refractivity contribution in [3.05, 3.63) is 34.9 Å². The van der Waals surface area contributed by atoms with Gasteiger partial charge in [-0.05, 0) is 12.1 Å². The number of rotatable bonds is 3. The molecule has 1 aliphatic rings. The van der Waals surface area contributed by atoms with Crippen molar-refractivity contribution in [2.45, 2.75) is 19.4 Å². The van der Waals surface area contributed by atoms with E-state index in [0.717, 1.165) is 37.5 Å². The molecule has 0 bridgehead atoms. The molecule has 92 valence electrons. The predicted molar refractivity (Wildman–Crippen MR) is 67.8 cm³/mol. The van der Waals surface area contributed by atoms with Crippen LogP contribution >= 0.6 is 11.6 Å². The van der Waals surface area contributed by atoms with E-state index in [4.69, 9.17) is 17.3 Å². The minimum absolute atomic E-state index is 0.0870. The molecule has 1 fully saturated rings. The number of carbonyl (C=O) groups is 1. The molecule has 1 heterocycles. The van der Waals surface area contributed by atoms with Crippen LogP contribution in [-0.4, -0.2) is 19.0 Å². The first kappa shape index (κ1) is 12.4. The maximum Gasteiger partial charge on any atom is 0.220 e. The van der Waals surface area contributed by atoms with Crippen LogP contribution in [0.4, 0.5) is 0 Å². The Labute approximate surface area is 107 Å². The molecule has 3 N–H and O–H groups in total. The van der Waals surface area contributed by atoms with Gasteiger partial charge in [0.15, 0.2) is 0 Å². The smallest absolute Gasteiger partial charge is 0.220 e. The Balaban J connectivity index is 1.85. The van der Waals surface area contributed by atoms with Gasteiger partial charge in [-0.2, -0.15) is 0 Å². The fraction of sp³-hybridized carbons (Fsp3) is 0.462. The van der Waals surface area contributed by atoms with Crippen LogP contribution in [0.1, 0.15) is 18.4 Å². The first-order valence-electron chi connectivity index (χ1n) is 6.02. The molecule has 1 aromatic rings. The Morgan fingerprint density at radius 1 is 1.29 bits per heavy atom. The Hall–Kier alpha value is -1.06. The highest BCUT2D eigenvalue weighted by atomic mass is 35.5. The molecule has 0 spiro atoms. The molecule has 0 unspecified atom stereocenters. The van der Waals surface area contributed by atoms with Gasteiger partial charge in [0.2, 0.25) is 5.91 Å². The van der Waals surface area contributed by atoms with E-state index in [2.05, 4.69) is 12.1 Å². The largest absolute Gasteiger partial charge is 0.369 e. The van der Waals surface area contributed by atoms with Gasteiger partial charge in [0, 0.05) is 29.3 Å². The summed E-state index contributed by atoms with van der Waals surface area (Å²) in [6.07, 6.45) is 1.83. The van der Waals surface area contributed by atoms with Gasteiger partial charge in [-0.25, -0.2) is 0 Å². The van der Waals surface area contributed by atoms with Crippen molar-refractivity contribution in [1.29, 1.82) is 0 Å². The Morgan fingerprint density at radius 3 is 2.41 bits per heavy atom. The van der Waals surface area contributed by atoms with Crippen LogP contribution in [0.15, 0.2) is 24.3 Å². The lowest BCUT2D eigenvalue weighted by Gasteiger charge is -2.27. The van der Waals surface area contributed by atoms with Crippen LogP contribution in [0.3, 0.4) is 0 Å². The van der Waals surface area contributed by atoms with E-state index < -0.39 is 0 Å². The number of benzene rings is 1. The fourth-order valence-corrected chi connectivity index (χ4v) is 2.50. The van der Waals surface area contributed by atoms with Gasteiger partial charge in [0.1, 0.15) is 6.54 Å². The fourth-order valence-electron chi connectivity index (χ4n) is 2.38. The second kappa shape index (κ2) is 5.52. The highest BCUT2D eigenvalue weighted by Crippen LogP contribution is 2.10. The average Bonchev–Trinajstić information content (AvgIpc) is 2.33. The van der Waals surface area contributed by atoms with Crippen LogP contribution < -0.4 is 10.6 Å². The highest BCUT2D eigenvalue weighted by Gasteiger charge is 2.25. The number of likely N-dealkylation sites (tertiary alicyclic amines) is 1. The molecule has 0 aliphatic carbocycles. The molecular formula is C13H18ClN2O+. The number of piperidine rings is 1. The third-order valence-corrected chi connectivity index (χ3v) is 3.71. The molecule has 1 amide bonds. The third kappa shape index (κ3) is 3.45. The molecule has 0 radical (unpaired) electrons. The number of amides is 1. The summed E-state index contributed by atoms with van der Waals surface area (Å²) in [7, 11) is 0. The van der Waals surface area contributed by atoms with E-state index in [1.54, 1.807) is 0 Å². The molecule has 0 aromatic heterocycles. The van der Waals surface area contributed by atoms with Crippen molar-refractivity contribution >= 4 is 17.5 Å². The minimum atomic E-state index is -0.143. The Morgan fingerprint density at radius 2 is 1.88 bits per heavy atom. The zero-order valence-corrected chi connectivity index (χ0v) is 10.5. The summed E-state index contributed by atoms with van der Waals surface area (Å²) >= 11 is 5.85. The van der Waals surface area contributed by atoms with E-state index in [1.165, 1.54) is 10.5 Å². The molecule has 0 atom stereocenters. The van der Waals surface area contributed by atoms with Gasteiger partial charge in [-0.3, -0.25) is 4.79 Å². The van der Waals surface area contributed by atoms with Gasteiger partial charge in [0.05, 0.1) is 13.1 Å². The number of hydrogen-bond acceptors (Lipinski definition) is 1. The van der Waals surface area contributed by atoms with Crippen LogP contribution in [0.2, 0.25) is 5.02 Å². The lowest BCUT2D eigenvalue weighted by atomic mass is 9.96. The summed E-state index contributed by atoms with van der Waals surface area (Å²) < 4.78 is 0. The molecule has 3 nitrogen and oxygen atoms in total. The van der Waals surface area contributed by atoms with Crippen LogP contribution in [0, 0.1) is 5.92 Å². The SMILES string of the molecule is NC(=O)C1CC[NH+](Cc2ccc(Cl)cc2)CC1. The molecular weight excluding hydrogens is 236 g/mol. The quantitative estimate of drug-likeness (QED) is 0.815. The summed E-state index contributed by atoms with van der Waals surface area (Å²) in [5, 5.41) is 0.774. The van der Waals surface area contributed by atoms with E-state index in [0.29, 0.717) is 0 Å². The molecule has 0 saturated carbocycles. The minimum Gasteiger partial charge on any atom is -0.369 e. The van der Waals surface area contributed by atoms with Crippen LogP contribution in [0.25, 0.3) is 0 Å². The topological polar surface area (TPSA) is 47.5 Å². The summed E-state index contributed by atoms with van der Waals surface area (Å²) in [4.78, 5) is 12.6. The lowest BCUT2D eigenvalue weighted by molar-refractivity contribution is -0.919. The van der Waals surface area contributed by atoms with Gasteiger partial charge in [-0.15, -0.1) is 0 Å². The monoisotopic (exact) mass is 253 g/mol. The second-order valence-corrected chi connectivity index (χ2v) is 5.17. The standard InChI is InChI=1S/C13H17ClN2O/c14-12-3-1-10(2-4-12)9-16-7-5-11(6-8-16)13(15)17/h1-4,11H,5-9H2,(H2,15,17)/p+1. The zero-order valence-electron chi connectivity index (χ0n) is 9.79. The molecule has 4 heteroatoms. The normalized spacial score (nSPS) is 24.5. The number of carbonyl (C=O) groups excluding carboxylic acids is 1. The zero-order chi connectivity index (χ0) is 12.3. The van der Waals surface area contributed by atoms with Gasteiger partial charge < -0.3 is 10.6 Å². The van der Waals surface area contributed by atoms with Gasteiger partial charge in [0.25, 0.3) is 0 Å². The van der Waals surface area contributed by atoms with E-state index in [-0.39, 0.29) is 11.8 Å². The van der Waals surface area contributed by atoms with Crippen molar-refractivity contribution in [2.75, 3.05) is 13.1 Å². The summed E-state index contributed by atoms with van der Waals surface area (Å²) in [6.45, 7) is 3.05. The molecule has 17 heavy (non-hydrogen) atoms. The number of nitrogens with two attached hydrogens (primary N) is 1. The number of quaternary nitrogens is 1. The molecule has 1 aromatic carbocycles. The molecule has 2 rings (SSSR count). The summed E-state index contributed by atoms with van der Waals surface area (Å²) in [5.41, 5.74) is 6.61. The second-order valence-electron chi connectivity index (χ2n) is 4.73.